The summed E-state index contributed by atoms with van der Waals surface area (Å²) in [5, 5.41) is 0. The predicted molar refractivity (Wildman–Crippen MR) is 96.7 cm³/mol. The highest BCUT2D eigenvalue weighted by atomic mass is 28.4. The lowest BCUT2D eigenvalue weighted by atomic mass is 10.1. The zero-order valence-electron chi connectivity index (χ0n) is 15.6. The summed E-state index contributed by atoms with van der Waals surface area (Å²) in [6.45, 7) is 17.2. The minimum absolute atomic E-state index is 0.631. The highest BCUT2D eigenvalue weighted by Crippen LogP contribution is 2.18. The van der Waals surface area contributed by atoms with Crippen LogP contribution in [-0.4, -0.2) is 40.9 Å². The van der Waals surface area contributed by atoms with E-state index in [0.29, 0.717) is 19.8 Å². The van der Waals surface area contributed by atoms with Crippen molar-refractivity contribution >= 4 is 14.5 Å². The molecule has 0 rings (SSSR count). The van der Waals surface area contributed by atoms with Crippen LogP contribution in [0.4, 0.5) is 0 Å². The average molecular weight is 330 g/mol. The number of nitrogens with zero attached hydrogens (tertiary/aromatic N) is 1. The fraction of sp³-hybridized carbons (Fsp3) is 0.824. The lowest BCUT2D eigenvalue weighted by Crippen LogP contribution is -2.46. The Labute approximate surface area is 138 Å². The summed E-state index contributed by atoms with van der Waals surface area (Å²) in [5.41, 5.74) is 3.85. The summed E-state index contributed by atoms with van der Waals surface area (Å²) in [7, 11) is -2.50. The van der Waals surface area contributed by atoms with Gasteiger partial charge in [0.05, 0.1) is 0 Å². The van der Waals surface area contributed by atoms with Crippen LogP contribution in [0.2, 0.25) is 6.04 Å². The molecule has 0 saturated heterocycles. The number of hydrogen-bond donors (Lipinski definition) is 0. The molecule has 5 heteroatoms. The van der Waals surface area contributed by atoms with Gasteiger partial charge in [-0.05, 0) is 60.0 Å². The second-order valence-electron chi connectivity index (χ2n) is 5.31. The molecule has 0 heterocycles. The van der Waals surface area contributed by atoms with Gasteiger partial charge in [0.15, 0.2) is 0 Å². The Kier molecular flexibility index (Phi) is 11.7. The summed E-state index contributed by atoms with van der Waals surface area (Å²) in [6.07, 6.45) is 2.01. The molecule has 0 N–H and O–H groups in total. The van der Waals surface area contributed by atoms with Crippen LogP contribution in [0.15, 0.2) is 16.1 Å². The Bertz CT molecular complexity index is 350. The van der Waals surface area contributed by atoms with Crippen molar-refractivity contribution in [2.24, 2.45) is 4.99 Å². The van der Waals surface area contributed by atoms with E-state index < -0.39 is 8.80 Å². The third-order valence-electron chi connectivity index (χ3n) is 3.80. The Balaban J connectivity index is 4.61. The second-order valence-corrected chi connectivity index (χ2v) is 8.04. The molecular formula is C17H35NO3Si. The van der Waals surface area contributed by atoms with E-state index >= 15 is 0 Å². The average Bonchev–Trinajstić information content (AvgIpc) is 2.50. The number of allylic oxidation sites excluding steroid dienone is 2. The molecule has 0 atom stereocenters. The van der Waals surface area contributed by atoms with Gasteiger partial charge in [-0.2, -0.15) is 0 Å². The molecule has 0 spiro atoms. The van der Waals surface area contributed by atoms with Gasteiger partial charge in [-0.1, -0.05) is 12.5 Å². The fourth-order valence-electron chi connectivity index (χ4n) is 2.24. The summed E-state index contributed by atoms with van der Waals surface area (Å²) in [6, 6.07) is 0.828. The fourth-order valence-corrected chi connectivity index (χ4v) is 4.83. The zero-order chi connectivity index (χ0) is 17.0. The van der Waals surface area contributed by atoms with Gasteiger partial charge in [0.25, 0.3) is 0 Å². The van der Waals surface area contributed by atoms with Crippen molar-refractivity contribution in [1.82, 2.24) is 0 Å². The van der Waals surface area contributed by atoms with Crippen LogP contribution in [0.3, 0.4) is 0 Å². The van der Waals surface area contributed by atoms with Crippen molar-refractivity contribution in [2.45, 2.75) is 67.4 Å². The van der Waals surface area contributed by atoms with Gasteiger partial charge in [0.1, 0.15) is 0 Å². The van der Waals surface area contributed by atoms with Gasteiger partial charge < -0.3 is 13.3 Å². The van der Waals surface area contributed by atoms with Crippen LogP contribution in [0, 0.1) is 0 Å². The van der Waals surface area contributed by atoms with Crippen molar-refractivity contribution in [3.63, 3.8) is 0 Å². The first-order valence-corrected chi connectivity index (χ1v) is 10.5. The van der Waals surface area contributed by atoms with Crippen LogP contribution in [0.1, 0.15) is 61.3 Å². The van der Waals surface area contributed by atoms with Gasteiger partial charge in [-0.25, -0.2) is 0 Å². The highest BCUT2D eigenvalue weighted by Gasteiger charge is 2.39. The minimum atomic E-state index is -2.50. The maximum atomic E-state index is 5.86. The van der Waals surface area contributed by atoms with E-state index in [1.165, 1.54) is 11.1 Å². The van der Waals surface area contributed by atoms with Gasteiger partial charge in [0.2, 0.25) is 0 Å². The van der Waals surface area contributed by atoms with Crippen LogP contribution in [0.25, 0.3) is 0 Å². The first-order chi connectivity index (χ1) is 10.5. The smallest absolute Gasteiger partial charge is 0.374 e. The molecule has 0 aromatic carbocycles. The van der Waals surface area contributed by atoms with Crippen molar-refractivity contribution in [1.29, 1.82) is 0 Å². The molecule has 0 bridgehead atoms. The van der Waals surface area contributed by atoms with Crippen molar-refractivity contribution in [2.75, 3.05) is 26.4 Å². The largest absolute Gasteiger partial charge is 0.500 e. The third kappa shape index (κ3) is 7.67. The Morgan fingerprint density at radius 2 is 1.36 bits per heavy atom. The maximum Gasteiger partial charge on any atom is 0.500 e. The Morgan fingerprint density at radius 1 is 0.864 bits per heavy atom. The normalized spacial score (nSPS) is 14.2. The molecule has 0 unspecified atom stereocenters. The molecule has 0 aliphatic carbocycles. The highest BCUT2D eigenvalue weighted by molar-refractivity contribution is 6.60. The quantitative estimate of drug-likeness (QED) is 0.298. The van der Waals surface area contributed by atoms with Crippen LogP contribution >= 0.6 is 0 Å². The molecule has 4 nitrogen and oxygen atoms in total. The van der Waals surface area contributed by atoms with E-state index in [0.717, 1.165) is 31.1 Å². The van der Waals surface area contributed by atoms with Gasteiger partial charge in [-0.15, -0.1) is 0 Å². The summed E-state index contributed by atoms with van der Waals surface area (Å²) >= 11 is 0. The summed E-state index contributed by atoms with van der Waals surface area (Å²) in [5.74, 6) is 0. The molecule has 0 aromatic rings. The number of rotatable bonds is 12. The standard InChI is InChI=1S/C17H35NO3Si/c1-8-15(5)16(6)17(7)18-13-12-14-22(19-9-2,20-10-3)21-11-4/h8-14H2,1-7H3. The van der Waals surface area contributed by atoms with Gasteiger partial charge in [-0.3, -0.25) is 4.99 Å². The number of aliphatic imine (C=N–C) groups is 1. The van der Waals surface area contributed by atoms with E-state index in [2.05, 4.69) is 27.7 Å². The molecule has 0 amide bonds. The molecular weight excluding hydrogens is 294 g/mol. The van der Waals surface area contributed by atoms with Gasteiger partial charge >= 0.3 is 8.80 Å². The van der Waals surface area contributed by atoms with Crippen molar-refractivity contribution in [3.05, 3.63) is 11.1 Å². The molecule has 0 radical (unpaired) electrons. The first kappa shape index (κ1) is 21.5. The molecule has 0 saturated carbocycles. The molecule has 0 fully saturated rings. The maximum absolute atomic E-state index is 5.86. The monoisotopic (exact) mass is 329 g/mol. The van der Waals surface area contributed by atoms with Crippen LogP contribution in [-0.2, 0) is 13.3 Å². The van der Waals surface area contributed by atoms with E-state index in [4.69, 9.17) is 18.3 Å². The lowest BCUT2D eigenvalue weighted by Gasteiger charge is -2.28. The van der Waals surface area contributed by atoms with Crippen LogP contribution in [0.5, 0.6) is 0 Å². The SMILES string of the molecule is CCO[Si](CCCN=C(C)C(C)=C(C)CC)(OCC)OCC. The van der Waals surface area contributed by atoms with Crippen molar-refractivity contribution < 1.29 is 13.3 Å². The predicted octanol–water partition coefficient (Wildman–Crippen LogP) is 4.63. The first-order valence-electron chi connectivity index (χ1n) is 8.55. The Morgan fingerprint density at radius 3 is 1.77 bits per heavy atom. The summed E-state index contributed by atoms with van der Waals surface area (Å²) < 4.78 is 17.6. The molecule has 22 heavy (non-hydrogen) atoms. The van der Waals surface area contributed by atoms with E-state index in [1.807, 2.05) is 20.8 Å². The molecule has 0 aliphatic heterocycles. The summed E-state index contributed by atoms with van der Waals surface area (Å²) in [4.78, 5) is 4.69. The molecule has 130 valence electrons. The van der Waals surface area contributed by atoms with Gasteiger partial charge in [0, 0.05) is 38.1 Å². The molecule has 0 aromatic heterocycles. The second kappa shape index (κ2) is 12.0. The van der Waals surface area contributed by atoms with Crippen LogP contribution < -0.4 is 0 Å². The van der Waals surface area contributed by atoms with E-state index in [-0.39, 0.29) is 0 Å². The van der Waals surface area contributed by atoms with E-state index in [1.54, 1.807) is 0 Å². The minimum Gasteiger partial charge on any atom is -0.374 e. The topological polar surface area (TPSA) is 40.0 Å². The lowest BCUT2D eigenvalue weighted by molar-refractivity contribution is 0.0710. The zero-order valence-corrected chi connectivity index (χ0v) is 16.6. The number of hydrogen-bond acceptors (Lipinski definition) is 4. The van der Waals surface area contributed by atoms with Crippen molar-refractivity contribution in [3.8, 4) is 0 Å². The Hall–Kier alpha value is -0.493. The third-order valence-corrected chi connectivity index (χ3v) is 6.95. The molecule has 0 aliphatic rings. The van der Waals surface area contributed by atoms with E-state index in [9.17, 15) is 0 Å².